The van der Waals surface area contributed by atoms with Crippen LogP contribution in [0, 0.1) is 17.5 Å². The molecule has 1 aliphatic rings. The molecule has 0 amide bonds. The first-order valence-electron chi connectivity index (χ1n) is 9.21. The summed E-state index contributed by atoms with van der Waals surface area (Å²) < 4.78 is 72.5. The average Bonchev–Trinajstić information content (AvgIpc) is 3.19. The summed E-state index contributed by atoms with van der Waals surface area (Å²) in [6.45, 7) is 1.38. The molecule has 158 valence electrons. The summed E-state index contributed by atoms with van der Waals surface area (Å²) in [7, 11) is -4.12. The van der Waals surface area contributed by atoms with Crippen LogP contribution >= 0.6 is 0 Å². The van der Waals surface area contributed by atoms with E-state index >= 15 is 0 Å². The number of piperazine rings is 1. The minimum atomic E-state index is -4.12. The summed E-state index contributed by atoms with van der Waals surface area (Å²) in [4.78, 5) is 5.51. The van der Waals surface area contributed by atoms with Gasteiger partial charge >= 0.3 is 0 Å². The number of aromatic nitrogens is 1. The van der Waals surface area contributed by atoms with Gasteiger partial charge < -0.3 is 4.42 Å². The third kappa shape index (κ3) is 4.25. The van der Waals surface area contributed by atoms with E-state index in [4.69, 9.17) is 4.42 Å². The Labute approximate surface area is 171 Å². The Morgan fingerprint density at radius 3 is 2.30 bits per heavy atom. The number of halogens is 3. The summed E-state index contributed by atoms with van der Waals surface area (Å²) in [5.41, 5.74) is 0.697. The van der Waals surface area contributed by atoms with Gasteiger partial charge in [0.25, 0.3) is 0 Å². The van der Waals surface area contributed by atoms with Crippen molar-refractivity contribution >= 4 is 10.0 Å². The summed E-state index contributed by atoms with van der Waals surface area (Å²) in [6, 6.07) is 8.23. The van der Waals surface area contributed by atoms with Crippen LogP contribution in [0.4, 0.5) is 13.2 Å². The quantitative estimate of drug-likeness (QED) is 0.613. The molecular formula is C20H18F3N3O3S. The molecule has 0 spiro atoms. The van der Waals surface area contributed by atoms with Gasteiger partial charge in [0.2, 0.25) is 15.9 Å². The van der Waals surface area contributed by atoms with Crippen LogP contribution in [0.15, 0.2) is 58.0 Å². The smallest absolute Gasteiger partial charge is 0.246 e. The third-order valence-corrected chi connectivity index (χ3v) is 6.80. The highest BCUT2D eigenvalue weighted by Crippen LogP contribution is 2.24. The molecule has 10 heteroatoms. The molecule has 0 N–H and O–H groups in total. The first-order chi connectivity index (χ1) is 14.3. The Balaban J connectivity index is 1.39. The summed E-state index contributed by atoms with van der Waals surface area (Å²) >= 11 is 0. The molecule has 6 nitrogen and oxygen atoms in total. The van der Waals surface area contributed by atoms with Crippen LogP contribution in [0.3, 0.4) is 0 Å². The van der Waals surface area contributed by atoms with Gasteiger partial charge in [0.05, 0.1) is 12.7 Å². The molecule has 0 saturated carbocycles. The lowest BCUT2D eigenvalue weighted by Crippen LogP contribution is -2.48. The van der Waals surface area contributed by atoms with Crippen LogP contribution in [0.2, 0.25) is 0 Å². The zero-order valence-electron chi connectivity index (χ0n) is 15.8. The molecule has 30 heavy (non-hydrogen) atoms. The molecule has 3 aromatic rings. The van der Waals surface area contributed by atoms with E-state index in [0.29, 0.717) is 42.9 Å². The third-order valence-electron chi connectivity index (χ3n) is 4.88. The van der Waals surface area contributed by atoms with Gasteiger partial charge in [0, 0.05) is 31.7 Å². The topological polar surface area (TPSA) is 66.7 Å². The van der Waals surface area contributed by atoms with E-state index in [1.54, 1.807) is 18.3 Å². The number of sulfonamides is 1. The van der Waals surface area contributed by atoms with Gasteiger partial charge in [-0.25, -0.2) is 26.6 Å². The van der Waals surface area contributed by atoms with Crippen molar-refractivity contribution in [1.82, 2.24) is 14.2 Å². The zero-order valence-corrected chi connectivity index (χ0v) is 16.6. The highest BCUT2D eigenvalue weighted by atomic mass is 32.2. The largest absolute Gasteiger partial charge is 0.439 e. The monoisotopic (exact) mass is 437 g/mol. The number of hydrogen-bond acceptors (Lipinski definition) is 5. The fraction of sp³-hybridized carbons (Fsp3) is 0.250. The molecule has 2 aromatic carbocycles. The highest BCUT2D eigenvalue weighted by molar-refractivity contribution is 7.89. The van der Waals surface area contributed by atoms with Crippen molar-refractivity contribution < 1.29 is 26.0 Å². The van der Waals surface area contributed by atoms with Crippen molar-refractivity contribution in [3.05, 3.63) is 72.0 Å². The van der Waals surface area contributed by atoms with Gasteiger partial charge in [-0.05, 0) is 42.5 Å². The van der Waals surface area contributed by atoms with Gasteiger partial charge in [0.1, 0.15) is 22.3 Å². The molecule has 0 radical (unpaired) electrons. The number of hydrogen-bond donors (Lipinski definition) is 0. The van der Waals surface area contributed by atoms with E-state index in [1.165, 1.54) is 12.1 Å². The predicted molar refractivity (Wildman–Crippen MR) is 102 cm³/mol. The maximum absolute atomic E-state index is 13.9. The highest BCUT2D eigenvalue weighted by Gasteiger charge is 2.31. The lowest BCUT2D eigenvalue weighted by atomic mass is 10.2. The summed E-state index contributed by atoms with van der Waals surface area (Å²) in [6.07, 6.45) is 1.55. The number of oxazole rings is 1. The van der Waals surface area contributed by atoms with Crippen molar-refractivity contribution in [2.45, 2.75) is 11.4 Å². The van der Waals surface area contributed by atoms with E-state index in [-0.39, 0.29) is 18.9 Å². The van der Waals surface area contributed by atoms with Crippen LogP contribution in [-0.2, 0) is 16.6 Å². The molecule has 2 heterocycles. The van der Waals surface area contributed by atoms with E-state index in [2.05, 4.69) is 4.98 Å². The second-order valence-corrected chi connectivity index (χ2v) is 8.79. The number of nitrogens with zero attached hydrogens (tertiary/aromatic N) is 3. The fourth-order valence-corrected chi connectivity index (χ4v) is 4.76. The molecule has 0 aliphatic carbocycles. The standard InChI is InChI=1S/C20H18F3N3O3S/c21-15-3-1-14(2-4-15)18-12-24-20(29-18)13-25-7-9-26(10-8-25)30(27,28)19-11-16(22)5-6-17(19)23/h1-6,11-12H,7-10,13H2. The van der Waals surface area contributed by atoms with E-state index < -0.39 is 26.6 Å². The van der Waals surface area contributed by atoms with E-state index in [1.807, 2.05) is 4.90 Å². The van der Waals surface area contributed by atoms with Gasteiger partial charge in [-0.15, -0.1) is 0 Å². The Morgan fingerprint density at radius 1 is 0.933 bits per heavy atom. The normalized spacial score (nSPS) is 16.1. The van der Waals surface area contributed by atoms with E-state index in [0.717, 1.165) is 16.4 Å². The number of rotatable bonds is 5. The summed E-state index contributed by atoms with van der Waals surface area (Å²) in [5.74, 6) is -1.18. The second-order valence-electron chi connectivity index (χ2n) is 6.88. The van der Waals surface area contributed by atoms with Crippen molar-refractivity contribution in [2.75, 3.05) is 26.2 Å². The molecule has 4 rings (SSSR count). The molecule has 0 bridgehead atoms. The second kappa shape index (κ2) is 8.21. The van der Waals surface area contributed by atoms with Crippen LogP contribution in [-0.4, -0.2) is 48.8 Å². The van der Waals surface area contributed by atoms with Gasteiger partial charge in [-0.1, -0.05) is 0 Å². The number of benzene rings is 2. The first kappa shape index (κ1) is 20.6. The van der Waals surface area contributed by atoms with E-state index in [9.17, 15) is 21.6 Å². The fourth-order valence-electron chi connectivity index (χ4n) is 3.26. The zero-order chi connectivity index (χ0) is 21.3. The maximum Gasteiger partial charge on any atom is 0.246 e. The van der Waals surface area contributed by atoms with Gasteiger partial charge in [-0.2, -0.15) is 4.31 Å². The van der Waals surface area contributed by atoms with Crippen molar-refractivity contribution in [3.63, 3.8) is 0 Å². The van der Waals surface area contributed by atoms with Crippen LogP contribution < -0.4 is 0 Å². The average molecular weight is 437 g/mol. The van der Waals surface area contributed by atoms with Gasteiger partial charge in [-0.3, -0.25) is 4.90 Å². The Bertz CT molecular complexity index is 1140. The molecular weight excluding hydrogens is 419 g/mol. The van der Waals surface area contributed by atoms with Crippen LogP contribution in [0.25, 0.3) is 11.3 Å². The SMILES string of the molecule is O=S(=O)(c1cc(F)ccc1F)N1CCN(Cc2ncc(-c3ccc(F)cc3)o2)CC1. The van der Waals surface area contributed by atoms with Crippen LogP contribution in [0.1, 0.15) is 5.89 Å². The van der Waals surface area contributed by atoms with Gasteiger partial charge in [0.15, 0.2) is 5.76 Å². The lowest BCUT2D eigenvalue weighted by Gasteiger charge is -2.33. The minimum Gasteiger partial charge on any atom is -0.439 e. The predicted octanol–water partition coefficient (Wildman–Crippen LogP) is 3.27. The first-order valence-corrected chi connectivity index (χ1v) is 10.6. The molecule has 1 saturated heterocycles. The Morgan fingerprint density at radius 2 is 1.60 bits per heavy atom. The Kier molecular flexibility index (Phi) is 5.63. The molecule has 0 unspecified atom stereocenters. The van der Waals surface area contributed by atoms with Crippen LogP contribution in [0.5, 0.6) is 0 Å². The van der Waals surface area contributed by atoms with Crippen molar-refractivity contribution in [2.24, 2.45) is 0 Å². The molecule has 0 atom stereocenters. The lowest BCUT2D eigenvalue weighted by molar-refractivity contribution is 0.168. The minimum absolute atomic E-state index is 0.129. The molecule has 1 fully saturated rings. The molecule has 1 aromatic heterocycles. The maximum atomic E-state index is 13.9. The Hall–Kier alpha value is -2.69. The molecule has 1 aliphatic heterocycles. The van der Waals surface area contributed by atoms with Crippen molar-refractivity contribution in [1.29, 1.82) is 0 Å². The summed E-state index contributed by atoms with van der Waals surface area (Å²) in [5, 5.41) is 0. The van der Waals surface area contributed by atoms with Crippen molar-refractivity contribution in [3.8, 4) is 11.3 Å².